The van der Waals surface area contributed by atoms with Gasteiger partial charge in [0.1, 0.15) is 0 Å². The van der Waals surface area contributed by atoms with Crippen molar-refractivity contribution in [3.05, 3.63) is 0 Å². The normalized spacial score (nSPS) is 12.1. The molecule has 2 N–H and O–H groups in total. The van der Waals surface area contributed by atoms with Gasteiger partial charge in [0.2, 0.25) is 6.10 Å². The predicted octanol–water partition coefficient (Wildman–Crippen LogP) is 1.32. The molecule has 5 heteroatoms. The zero-order valence-corrected chi connectivity index (χ0v) is 6.82. The van der Waals surface area contributed by atoms with Crippen LogP contribution in [0.3, 0.4) is 0 Å². The molecule has 0 aliphatic carbocycles. The molecule has 0 saturated carbocycles. The molecule has 12 heavy (non-hydrogen) atoms. The van der Waals surface area contributed by atoms with E-state index in [4.69, 9.17) is 10.2 Å². The summed E-state index contributed by atoms with van der Waals surface area (Å²) in [5.41, 5.74) is 0. The average molecular weight is 176 g/mol. The highest BCUT2D eigenvalue weighted by molar-refractivity contribution is 5.75. The molecule has 0 aromatic carbocycles. The topological polar surface area (TPSA) is 83.8 Å². The molecule has 0 aliphatic heterocycles. The first-order valence-electron chi connectivity index (χ1n) is 3.70. The Balaban J connectivity index is 3.87. The minimum Gasteiger partial charge on any atom is -0.479 e. The third-order valence-corrected chi connectivity index (χ3v) is 1.34. The van der Waals surface area contributed by atoms with Crippen molar-refractivity contribution in [3.8, 4) is 0 Å². The number of carbonyl (C=O) groups is 2. The van der Waals surface area contributed by atoms with Crippen LogP contribution in [-0.2, 0) is 9.53 Å². The van der Waals surface area contributed by atoms with E-state index in [9.17, 15) is 9.59 Å². The van der Waals surface area contributed by atoms with Gasteiger partial charge in [0.05, 0.1) is 0 Å². The number of ether oxygens (including phenoxy) is 1. The van der Waals surface area contributed by atoms with E-state index in [0.29, 0.717) is 6.42 Å². The summed E-state index contributed by atoms with van der Waals surface area (Å²) in [6.45, 7) is 1.89. The van der Waals surface area contributed by atoms with Gasteiger partial charge >= 0.3 is 12.1 Å². The Morgan fingerprint density at radius 3 is 2.33 bits per heavy atom. The van der Waals surface area contributed by atoms with E-state index in [1.807, 2.05) is 6.92 Å². The van der Waals surface area contributed by atoms with Crippen LogP contribution in [-0.4, -0.2) is 28.4 Å². The molecular formula is C7H12O5. The maximum atomic E-state index is 10.4. The van der Waals surface area contributed by atoms with Crippen molar-refractivity contribution in [3.63, 3.8) is 0 Å². The standard InChI is InChI=1S/C7H12O5/c1-2-3-4-5(6(8)9)12-7(10)11/h5H,2-4H2,1H3,(H,8,9)(H,10,11). The zero-order chi connectivity index (χ0) is 9.56. The first-order chi connectivity index (χ1) is 5.57. The molecule has 5 nitrogen and oxygen atoms in total. The highest BCUT2D eigenvalue weighted by Crippen LogP contribution is 2.05. The van der Waals surface area contributed by atoms with Crippen LogP contribution in [0.4, 0.5) is 4.79 Å². The molecule has 0 rings (SSSR count). The largest absolute Gasteiger partial charge is 0.506 e. The van der Waals surface area contributed by atoms with Crippen LogP contribution in [0.15, 0.2) is 0 Å². The Morgan fingerprint density at radius 1 is 1.42 bits per heavy atom. The fourth-order valence-corrected chi connectivity index (χ4v) is 0.744. The average Bonchev–Trinajstić information content (AvgIpc) is 1.96. The summed E-state index contributed by atoms with van der Waals surface area (Å²) in [6.07, 6.45) is -1.07. The van der Waals surface area contributed by atoms with Gasteiger partial charge in [-0.25, -0.2) is 9.59 Å². The highest BCUT2D eigenvalue weighted by atomic mass is 16.7. The van der Waals surface area contributed by atoms with Gasteiger partial charge in [0.15, 0.2) is 0 Å². The summed E-state index contributed by atoms with van der Waals surface area (Å²) < 4.78 is 4.13. The fraction of sp³-hybridized carbons (Fsp3) is 0.714. The molecule has 1 atom stereocenters. The lowest BCUT2D eigenvalue weighted by Crippen LogP contribution is -2.26. The maximum absolute atomic E-state index is 10.4. The lowest BCUT2D eigenvalue weighted by atomic mass is 10.2. The third kappa shape index (κ3) is 4.54. The number of carboxylic acid groups (broad SMARTS) is 2. The van der Waals surface area contributed by atoms with E-state index in [-0.39, 0.29) is 6.42 Å². The lowest BCUT2D eigenvalue weighted by molar-refractivity contribution is -0.148. The van der Waals surface area contributed by atoms with Gasteiger partial charge in [0.25, 0.3) is 0 Å². The van der Waals surface area contributed by atoms with E-state index in [2.05, 4.69) is 4.74 Å². The van der Waals surface area contributed by atoms with Crippen LogP contribution < -0.4 is 0 Å². The molecule has 0 aromatic rings. The number of aliphatic carboxylic acids is 1. The van der Waals surface area contributed by atoms with Gasteiger partial charge in [-0.05, 0) is 12.8 Å². The van der Waals surface area contributed by atoms with Gasteiger partial charge in [0, 0.05) is 0 Å². The zero-order valence-electron chi connectivity index (χ0n) is 6.82. The van der Waals surface area contributed by atoms with Crippen LogP contribution in [0.1, 0.15) is 26.2 Å². The molecule has 0 aliphatic rings. The minimum absolute atomic E-state index is 0.234. The number of hydrogen-bond acceptors (Lipinski definition) is 3. The van der Waals surface area contributed by atoms with Crippen molar-refractivity contribution < 1.29 is 24.5 Å². The molecule has 1 unspecified atom stereocenters. The predicted molar refractivity (Wildman–Crippen MR) is 40.1 cm³/mol. The molecule has 0 spiro atoms. The Labute approximate surface area is 70.0 Å². The smallest absolute Gasteiger partial charge is 0.479 e. The van der Waals surface area contributed by atoms with Crippen LogP contribution >= 0.6 is 0 Å². The molecule has 0 fully saturated rings. The summed E-state index contributed by atoms with van der Waals surface area (Å²) in [5.74, 6) is -1.23. The van der Waals surface area contributed by atoms with Crippen LogP contribution in [0.25, 0.3) is 0 Å². The van der Waals surface area contributed by atoms with Crippen LogP contribution in [0.2, 0.25) is 0 Å². The Bertz CT molecular complexity index is 165. The third-order valence-electron chi connectivity index (χ3n) is 1.34. The highest BCUT2D eigenvalue weighted by Gasteiger charge is 2.20. The van der Waals surface area contributed by atoms with Crippen molar-refractivity contribution in [2.45, 2.75) is 32.3 Å². The van der Waals surface area contributed by atoms with Gasteiger partial charge < -0.3 is 14.9 Å². The second-order valence-corrected chi connectivity index (χ2v) is 2.35. The Hall–Kier alpha value is -1.26. The van der Waals surface area contributed by atoms with Crippen molar-refractivity contribution in [2.75, 3.05) is 0 Å². The second kappa shape index (κ2) is 5.40. The van der Waals surface area contributed by atoms with E-state index in [1.165, 1.54) is 0 Å². The van der Waals surface area contributed by atoms with Gasteiger partial charge in [-0.3, -0.25) is 0 Å². The van der Waals surface area contributed by atoms with Crippen molar-refractivity contribution >= 4 is 12.1 Å². The summed E-state index contributed by atoms with van der Waals surface area (Å²) in [5, 5.41) is 16.6. The molecule has 0 saturated heterocycles. The van der Waals surface area contributed by atoms with E-state index in [0.717, 1.165) is 6.42 Å². The number of rotatable bonds is 5. The van der Waals surface area contributed by atoms with E-state index >= 15 is 0 Å². The van der Waals surface area contributed by atoms with Crippen LogP contribution in [0.5, 0.6) is 0 Å². The minimum atomic E-state index is -1.54. The van der Waals surface area contributed by atoms with Gasteiger partial charge in [-0.1, -0.05) is 13.3 Å². The Morgan fingerprint density at radius 2 is 2.00 bits per heavy atom. The van der Waals surface area contributed by atoms with E-state index < -0.39 is 18.2 Å². The maximum Gasteiger partial charge on any atom is 0.506 e. The second-order valence-electron chi connectivity index (χ2n) is 2.35. The summed E-state index contributed by atoms with van der Waals surface area (Å²) in [6, 6.07) is 0. The SMILES string of the molecule is CCCCC(OC(=O)O)C(=O)O. The first kappa shape index (κ1) is 10.7. The molecule has 0 aromatic heterocycles. The number of hydrogen-bond donors (Lipinski definition) is 2. The quantitative estimate of drug-likeness (QED) is 0.617. The first-order valence-corrected chi connectivity index (χ1v) is 3.70. The summed E-state index contributed by atoms with van der Waals surface area (Å²) in [7, 11) is 0. The molecule has 0 bridgehead atoms. The monoisotopic (exact) mass is 176 g/mol. The molecular weight excluding hydrogens is 164 g/mol. The fourth-order valence-electron chi connectivity index (χ4n) is 0.744. The number of unbranched alkanes of at least 4 members (excludes halogenated alkanes) is 1. The molecule has 0 amide bonds. The van der Waals surface area contributed by atoms with Crippen LogP contribution in [0, 0.1) is 0 Å². The van der Waals surface area contributed by atoms with Crippen molar-refractivity contribution in [2.24, 2.45) is 0 Å². The van der Waals surface area contributed by atoms with E-state index in [1.54, 1.807) is 0 Å². The van der Waals surface area contributed by atoms with Crippen molar-refractivity contribution in [1.82, 2.24) is 0 Å². The Kier molecular flexibility index (Phi) is 4.83. The summed E-state index contributed by atoms with van der Waals surface area (Å²) >= 11 is 0. The molecule has 0 heterocycles. The van der Waals surface area contributed by atoms with Crippen molar-refractivity contribution in [1.29, 1.82) is 0 Å². The molecule has 0 radical (unpaired) electrons. The number of carboxylic acids is 1. The van der Waals surface area contributed by atoms with Gasteiger partial charge in [-0.2, -0.15) is 0 Å². The lowest BCUT2D eigenvalue weighted by Gasteiger charge is -2.09. The molecule has 70 valence electrons. The summed E-state index contributed by atoms with van der Waals surface area (Å²) in [4.78, 5) is 20.3. The van der Waals surface area contributed by atoms with Gasteiger partial charge in [-0.15, -0.1) is 0 Å².